The molecule has 0 fully saturated rings. The predicted molar refractivity (Wildman–Crippen MR) is 300 cm³/mol. The van der Waals surface area contributed by atoms with E-state index in [9.17, 15) is 0 Å². The molecule has 0 amide bonds. The van der Waals surface area contributed by atoms with Gasteiger partial charge in [-0.15, -0.1) is 11.3 Å². The standard InChI is InChI=1S/C67H53NO2S/c1-42-15-12-16-43(39-42)28-35-49(53-22-13-24-58-64(53)70-62-27-10-11-38-67(58,62)2)45-31-29-44(30-32-45)46-33-36-55-57(40-46)50-19-6-7-21-52(50)63-56-37-34-48(41-61(56)71-66(55)63)68(47-17-4-3-5-18-47)59-25-14-23-54-51-20-8-9-26-60(51)69-65(54)59/h3-11,13-14,16-27,29-34,36-38,40-42,49,62H,12,15,28,35,39H2,1-2H3. The van der Waals surface area contributed by atoms with Crippen LogP contribution >= 0.6 is 11.3 Å². The summed E-state index contributed by atoms with van der Waals surface area (Å²) in [6, 6.07) is 65.0. The van der Waals surface area contributed by atoms with Gasteiger partial charge in [-0.3, -0.25) is 0 Å². The van der Waals surface area contributed by atoms with E-state index in [1.165, 1.54) is 88.8 Å². The lowest BCUT2D eigenvalue weighted by Gasteiger charge is -2.26. The number of benzene rings is 9. The predicted octanol–water partition coefficient (Wildman–Crippen LogP) is 19.2. The zero-order valence-corrected chi connectivity index (χ0v) is 40.9. The number of hydrogen-bond acceptors (Lipinski definition) is 4. The van der Waals surface area contributed by atoms with Crippen LogP contribution in [0.1, 0.15) is 68.6 Å². The zero-order chi connectivity index (χ0) is 47.2. The van der Waals surface area contributed by atoms with Crippen molar-refractivity contribution in [1.82, 2.24) is 0 Å². The Morgan fingerprint density at radius 1 is 0.662 bits per heavy atom. The number of fused-ring (bicyclic) bond motifs is 14. The molecular formula is C67H53NO2S. The maximum Gasteiger partial charge on any atom is 0.159 e. The molecule has 0 spiro atoms. The van der Waals surface area contributed by atoms with Gasteiger partial charge in [-0.25, -0.2) is 0 Å². The van der Waals surface area contributed by atoms with Crippen molar-refractivity contribution in [3.8, 4) is 16.9 Å². The average molecular weight is 936 g/mol. The minimum atomic E-state index is -0.156. The largest absolute Gasteiger partial charge is 0.484 e. The van der Waals surface area contributed by atoms with Crippen LogP contribution in [0.3, 0.4) is 0 Å². The van der Waals surface area contributed by atoms with Crippen LogP contribution in [0.2, 0.25) is 0 Å². The fourth-order valence-corrected chi connectivity index (χ4v) is 13.7. The van der Waals surface area contributed by atoms with Crippen LogP contribution in [0.25, 0.3) is 74.8 Å². The Balaban J connectivity index is 0.855. The lowest BCUT2D eigenvalue weighted by Crippen LogP contribution is -2.32. The van der Waals surface area contributed by atoms with Crippen LogP contribution in [-0.2, 0) is 5.41 Å². The van der Waals surface area contributed by atoms with Crippen molar-refractivity contribution in [2.45, 2.75) is 63.4 Å². The van der Waals surface area contributed by atoms with E-state index in [2.05, 4.69) is 219 Å². The van der Waals surface area contributed by atoms with E-state index in [0.717, 1.165) is 63.5 Å². The van der Waals surface area contributed by atoms with E-state index in [1.807, 2.05) is 17.4 Å². The number of thiophene rings is 1. The average Bonchev–Trinajstić information content (AvgIpc) is 4.09. The Morgan fingerprint density at radius 2 is 1.44 bits per heavy atom. The van der Waals surface area contributed by atoms with Crippen molar-refractivity contribution in [2.75, 3.05) is 4.90 Å². The molecule has 3 heterocycles. The molecule has 1 aliphatic heterocycles. The van der Waals surface area contributed by atoms with E-state index >= 15 is 0 Å². The molecule has 4 heteroatoms. The first-order valence-electron chi connectivity index (χ1n) is 25.5. The smallest absolute Gasteiger partial charge is 0.159 e. The SMILES string of the molecule is CC1CCC=C(CCC(c2ccc(-c3ccc4c(c3)c3ccccc3c3c5ccc(N(c6ccccc6)c6cccc7c6oc6ccccc67)cc5sc43)cc2)c2cccc3c2OC2C=CC=CC32C)C1. The highest BCUT2D eigenvalue weighted by atomic mass is 32.1. The van der Waals surface area contributed by atoms with E-state index in [0.29, 0.717) is 0 Å². The van der Waals surface area contributed by atoms with Gasteiger partial charge in [-0.1, -0.05) is 170 Å². The second-order valence-electron chi connectivity index (χ2n) is 20.5. The van der Waals surface area contributed by atoms with Gasteiger partial charge < -0.3 is 14.1 Å². The van der Waals surface area contributed by atoms with Gasteiger partial charge in [0.25, 0.3) is 0 Å². The Bertz CT molecular complexity index is 4000. The summed E-state index contributed by atoms with van der Waals surface area (Å²) in [5, 5.41) is 9.99. The highest BCUT2D eigenvalue weighted by Gasteiger charge is 2.44. The van der Waals surface area contributed by atoms with Gasteiger partial charge in [-0.2, -0.15) is 0 Å². The van der Waals surface area contributed by atoms with Crippen LogP contribution in [0.5, 0.6) is 5.75 Å². The molecule has 0 saturated heterocycles. The Morgan fingerprint density at radius 3 is 2.31 bits per heavy atom. The first kappa shape index (κ1) is 42.2. The minimum Gasteiger partial charge on any atom is -0.484 e. The summed E-state index contributed by atoms with van der Waals surface area (Å²) < 4.78 is 16.1. The molecule has 0 bridgehead atoms. The lowest BCUT2D eigenvalue weighted by atomic mass is 9.75. The first-order valence-corrected chi connectivity index (χ1v) is 26.3. The normalized spacial score (nSPS) is 18.9. The van der Waals surface area contributed by atoms with Crippen molar-refractivity contribution < 1.29 is 9.15 Å². The van der Waals surface area contributed by atoms with Gasteiger partial charge in [0.1, 0.15) is 17.4 Å². The molecule has 4 unspecified atom stereocenters. The van der Waals surface area contributed by atoms with Crippen molar-refractivity contribution >= 4 is 92.1 Å². The monoisotopic (exact) mass is 935 g/mol. The number of nitrogens with zero attached hydrogens (tertiary/aromatic N) is 1. The number of anilines is 3. The highest BCUT2D eigenvalue weighted by molar-refractivity contribution is 7.27. The Hall–Kier alpha value is -7.66. The number of rotatable bonds is 9. The second kappa shape index (κ2) is 16.7. The summed E-state index contributed by atoms with van der Waals surface area (Å²) >= 11 is 1.90. The maximum absolute atomic E-state index is 6.89. The molecule has 71 heavy (non-hydrogen) atoms. The van der Waals surface area contributed by atoms with Crippen molar-refractivity contribution in [1.29, 1.82) is 0 Å². The molecule has 2 aliphatic carbocycles. The van der Waals surface area contributed by atoms with Gasteiger partial charge in [0, 0.05) is 64.8 Å². The third-order valence-electron chi connectivity index (χ3n) is 16.1. The van der Waals surface area contributed by atoms with E-state index in [1.54, 1.807) is 5.57 Å². The van der Waals surface area contributed by atoms with Gasteiger partial charge in [0.15, 0.2) is 5.58 Å². The molecular weight excluding hydrogens is 883 g/mol. The highest BCUT2D eigenvalue weighted by Crippen LogP contribution is 2.52. The van der Waals surface area contributed by atoms with Gasteiger partial charge in [0.2, 0.25) is 0 Å². The topological polar surface area (TPSA) is 25.6 Å². The summed E-state index contributed by atoms with van der Waals surface area (Å²) in [7, 11) is 0. The maximum atomic E-state index is 6.89. The molecule has 14 rings (SSSR count). The summed E-state index contributed by atoms with van der Waals surface area (Å²) in [5.74, 6) is 2.05. The van der Waals surface area contributed by atoms with Crippen LogP contribution in [0, 0.1) is 5.92 Å². The summed E-state index contributed by atoms with van der Waals surface area (Å²) in [4.78, 5) is 2.35. The molecule has 3 aliphatic rings. The lowest BCUT2D eigenvalue weighted by molar-refractivity contribution is 0.226. The first-order chi connectivity index (χ1) is 35.0. The fourth-order valence-electron chi connectivity index (χ4n) is 12.5. The van der Waals surface area contributed by atoms with Crippen molar-refractivity contribution in [3.63, 3.8) is 0 Å². The van der Waals surface area contributed by atoms with E-state index in [-0.39, 0.29) is 17.4 Å². The molecule has 2 aromatic heterocycles. The molecule has 4 atom stereocenters. The Labute approximate surface area is 418 Å². The van der Waals surface area contributed by atoms with Crippen LogP contribution in [-0.4, -0.2) is 6.10 Å². The zero-order valence-electron chi connectivity index (χ0n) is 40.1. The summed E-state index contributed by atoms with van der Waals surface area (Å²) in [6.45, 7) is 4.74. The third-order valence-corrected chi connectivity index (χ3v) is 17.3. The molecule has 0 N–H and O–H groups in total. The second-order valence-corrected chi connectivity index (χ2v) is 21.5. The number of allylic oxidation sites excluding steroid dienone is 4. The van der Waals surface area contributed by atoms with E-state index in [4.69, 9.17) is 9.15 Å². The quantitative estimate of drug-likeness (QED) is 0.107. The van der Waals surface area contributed by atoms with Crippen molar-refractivity contribution in [3.05, 3.63) is 229 Å². The van der Waals surface area contributed by atoms with Gasteiger partial charge in [-0.05, 0) is 126 Å². The number of hydrogen-bond donors (Lipinski definition) is 0. The molecule has 0 radical (unpaired) electrons. The molecule has 9 aromatic carbocycles. The minimum absolute atomic E-state index is 0.0176. The van der Waals surface area contributed by atoms with Crippen LogP contribution < -0.4 is 9.64 Å². The molecule has 344 valence electrons. The molecule has 3 nitrogen and oxygen atoms in total. The van der Waals surface area contributed by atoms with E-state index < -0.39 is 0 Å². The fraction of sp³-hybridized carbons (Fsp3) is 0.164. The molecule has 0 saturated carbocycles. The van der Waals surface area contributed by atoms with Crippen LogP contribution in [0.15, 0.2) is 216 Å². The summed E-state index contributed by atoms with van der Waals surface area (Å²) in [5.41, 5.74) is 12.9. The Kier molecular flexibility index (Phi) is 9.96. The van der Waals surface area contributed by atoms with Gasteiger partial charge in [0.05, 0.1) is 11.1 Å². The number of para-hydroxylation sites is 4. The third kappa shape index (κ3) is 6.90. The van der Waals surface area contributed by atoms with Crippen molar-refractivity contribution in [2.24, 2.45) is 5.92 Å². The summed E-state index contributed by atoms with van der Waals surface area (Å²) in [6.07, 6.45) is 17.3. The molecule has 11 aromatic rings. The van der Waals surface area contributed by atoms with Crippen LogP contribution in [0.4, 0.5) is 17.1 Å². The van der Waals surface area contributed by atoms with Gasteiger partial charge >= 0.3 is 0 Å². The number of furan rings is 1. The number of ether oxygens (including phenoxy) is 1.